The van der Waals surface area contributed by atoms with E-state index < -0.39 is 0 Å². The van der Waals surface area contributed by atoms with E-state index in [1.165, 1.54) is 0 Å². The summed E-state index contributed by atoms with van der Waals surface area (Å²) < 4.78 is 1.94. The fourth-order valence-corrected chi connectivity index (χ4v) is 1.48. The molecule has 15 heavy (non-hydrogen) atoms. The number of aryl methyl sites for hydroxylation is 1. The third kappa shape index (κ3) is 1.97. The number of carbonyl (C=O) groups is 1. The van der Waals surface area contributed by atoms with Gasteiger partial charge in [0.05, 0.1) is 17.4 Å². The third-order valence-corrected chi connectivity index (χ3v) is 2.27. The minimum Gasteiger partial charge on any atom is -0.330 e. The summed E-state index contributed by atoms with van der Waals surface area (Å²) >= 11 is 0. The summed E-state index contributed by atoms with van der Waals surface area (Å²) in [6.07, 6.45) is 2.09. The third-order valence-electron chi connectivity index (χ3n) is 2.27. The molecule has 0 aliphatic rings. The lowest BCUT2D eigenvalue weighted by Crippen LogP contribution is -2.30. The lowest BCUT2D eigenvalue weighted by Gasteiger charge is -2.02. The average Bonchev–Trinajstić information content (AvgIpc) is 2.69. The van der Waals surface area contributed by atoms with Gasteiger partial charge < -0.3 is 4.57 Å². The van der Waals surface area contributed by atoms with Gasteiger partial charge in [0.25, 0.3) is 0 Å². The molecule has 2 rings (SSSR count). The highest BCUT2D eigenvalue weighted by Crippen LogP contribution is 2.11. The number of fused-ring (bicyclic) bond motifs is 1. The highest BCUT2D eigenvalue weighted by atomic mass is 16.2. The SMILES string of the molecule is NNC(=O)CCn1cnc2ccccc21. The number of hydrazine groups is 1. The Balaban J connectivity index is 2.18. The van der Waals surface area contributed by atoms with E-state index in [0.29, 0.717) is 13.0 Å². The maximum Gasteiger partial charge on any atom is 0.235 e. The van der Waals surface area contributed by atoms with Gasteiger partial charge in [-0.1, -0.05) is 12.1 Å². The van der Waals surface area contributed by atoms with Crippen LogP contribution in [0, 0.1) is 0 Å². The van der Waals surface area contributed by atoms with Crippen LogP contribution in [0.3, 0.4) is 0 Å². The van der Waals surface area contributed by atoms with Gasteiger partial charge in [0.15, 0.2) is 0 Å². The summed E-state index contributed by atoms with van der Waals surface area (Å²) in [7, 11) is 0. The molecule has 0 saturated carbocycles. The maximum absolute atomic E-state index is 11.0. The van der Waals surface area contributed by atoms with E-state index in [4.69, 9.17) is 5.84 Å². The Hall–Kier alpha value is -1.88. The van der Waals surface area contributed by atoms with Crippen LogP contribution in [0.2, 0.25) is 0 Å². The van der Waals surface area contributed by atoms with Crippen molar-refractivity contribution in [1.82, 2.24) is 15.0 Å². The van der Waals surface area contributed by atoms with E-state index >= 15 is 0 Å². The molecule has 5 nitrogen and oxygen atoms in total. The van der Waals surface area contributed by atoms with Crippen molar-refractivity contribution in [2.24, 2.45) is 5.84 Å². The van der Waals surface area contributed by atoms with Gasteiger partial charge in [0.1, 0.15) is 0 Å². The second-order valence-corrected chi connectivity index (χ2v) is 3.24. The molecule has 0 aliphatic heterocycles. The Morgan fingerprint density at radius 2 is 2.27 bits per heavy atom. The van der Waals surface area contributed by atoms with Gasteiger partial charge in [0.2, 0.25) is 5.91 Å². The minimum absolute atomic E-state index is 0.173. The van der Waals surface area contributed by atoms with Gasteiger partial charge in [-0.2, -0.15) is 0 Å². The van der Waals surface area contributed by atoms with Crippen molar-refractivity contribution in [3.8, 4) is 0 Å². The number of imidazole rings is 1. The molecule has 0 unspecified atom stereocenters. The van der Waals surface area contributed by atoms with Crippen LogP contribution >= 0.6 is 0 Å². The Morgan fingerprint density at radius 1 is 1.47 bits per heavy atom. The van der Waals surface area contributed by atoms with Crippen molar-refractivity contribution in [3.05, 3.63) is 30.6 Å². The van der Waals surface area contributed by atoms with Crippen LogP contribution in [-0.2, 0) is 11.3 Å². The minimum atomic E-state index is -0.173. The topological polar surface area (TPSA) is 72.9 Å². The number of hydrogen-bond acceptors (Lipinski definition) is 3. The zero-order valence-electron chi connectivity index (χ0n) is 8.18. The molecule has 5 heteroatoms. The van der Waals surface area contributed by atoms with E-state index in [1.54, 1.807) is 6.33 Å². The van der Waals surface area contributed by atoms with Gasteiger partial charge in [-0.15, -0.1) is 0 Å². The summed E-state index contributed by atoms with van der Waals surface area (Å²) in [4.78, 5) is 15.2. The summed E-state index contributed by atoms with van der Waals surface area (Å²) in [6, 6.07) is 7.80. The quantitative estimate of drug-likeness (QED) is 0.432. The standard InChI is InChI=1S/C10H12N4O/c11-13-10(15)5-6-14-7-12-8-3-1-2-4-9(8)14/h1-4,7H,5-6,11H2,(H,13,15). The van der Waals surface area contributed by atoms with E-state index in [0.717, 1.165) is 11.0 Å². The van der Waals surface area contributed by atoms with Gasteiger partial charge >= 0.3 is 0 Å². The van der Waals surface area contributed by atoms with E-state index in [2.05, 4.69) is 10.4 Å². The monoisotopic (exact) mass is 204 g/mol. The number of carbonyl (C=O) groups excluding carboxylic acids is 1. The molecule has 0 aliphatic carbocycles. The summed E-state index contributed by atoms with van der Waals surface area (Å²) in [5, 5.41) is 0. The zero-order valence-corrected chi connectivity index (χ0v) is 8.18. The van der Waals surface area contributed by atoms with Crippen LogP contribution in [0.4, 0.5) is 0 Å². The molecule has 1 heterocycles. The number of nitrogens with one attached hydrogen (secondary N) is 1. The highest BCUT2D eigenvalue weighted by molar-refractivity contribution is 5.77. The predicted octanol–water partition coefficient (Wildman–Crippen LogP) is 0.416. The molecule has 0 atom stereocenters. The van der Waals surface area contributed by atoms with Crippen molar-refractivity contribution in [2.45, 2.75) is 13.0 Å². The van der Waals surface area contributed by atoms with Crippen molar-refractivity contribution in [2.75, 3.05) is 0 Å². The molecular weight excluding hydrogens is 192 g/mol. The highest BCUT2D eigenvalue weighted by Gasteiger charge is 2.03. The Kier molecular flexibility index (Phi) is 2.64. The molecule has 0 bridgehead atoms. The van der Waals surface area contributed by atoms with E-state index in [-0.39, 0.29) is 5.91 Å². The normalized spacial score (nSPS) is 10.5. The van der Waals surface area contributed by atoms with Gasteiger partial charge in [0, 0.05) is 13.0 Å². The number of rotatable bonds is 3. The molecule has 0 fully saturated rings. The molecule has 0 saturated heterocycles. The van der Waals surface area contributed by atoms with Crippen molar-refractivity contribution in [3.63, 3.8) is 0 Å². The van der Waals surface area contributed by atoms with Crippen LogP contribution in [0.5, 0.6) is 0 Å². The number of benzene rings is 1. The first-order chi connectivity index (χ1) is 7.31. The zero-order chi connectivity index (χ0) is 10.7. The van der Waals surface area contributed by atoms with Crippen LogP contribution < -0.4 is 11.3 Å². The van der Waals surface area contributed by atoms with Gasteiger partial charge in [-0.05, 0) is 12.1 Å². The van der Waals surface area contributed by atoms with Crippen molar-refractivity contribution in [1.29, 1.82) is 0 Å². The first kappa shape index (κ1) is 9.67. The predicted molar refractivity (Wildman–Crippen MR) is 56.7 cm³/mol. The Labute approximate surface area is 86.9 Å². The molecule has 0 radical (unpaired) electrons. The molecule has 1 amide bonds. The smallest absolute Gasteiger partial charge is 0.235 e. The summed E-state index contributed by atoms with van der Waals surface area (Å²) in [5.41, 5.74) is 4.07. The average molecular weight is 204 g/mol. The number of hydrogen-bond donors (Lipinski definition) is 2. The van der Waals surface area contributed by atoms with Crippen LogP contribution in [0.15, 0.2) is 30.6 Å². The molecule has 2 aromatic rings. The van der Waals surface area contributed by atoms with Gasteiger partial charge in [-0.25, -0.2) is 10.8 Å². The van der Waals surface area contributed by atoms with Crippen LogP contribution in [0.25, 0.3) is 11.0 Å². The number of nitrogens with zero attached hydrogens (tertiary/aromatic N) is 2. The second kappa shape index (κ2) is 4.10. The number of amides is 1. The molecular formula is C10H12N4O. The van der Waals surface area contributed by atoms with Crippen molar-refractivity contribution >= 4 is 16.9 Å². The Morgan fingerprint density at radius 3 is 3.07 bits per heavy atom. The summed E-state index contributed by atoms with van der Waals surface area (Å²) in [5.74, 6) is 4.83. The van der Waals surface area contributed by atoms with E-state index in [1.807, 2.05) is 28.8 Å². The second-order valence-electron chi connectivity index (χ2n) is 3.24. The first-order valence-electron chi connectivity index (χ1n) is 4.70. The molecule has 1 aromatic heterocycles. The van der Waals surface area contributed by atoms with Gasteiger partial charge in [-0.3, -0.25) is 10.2 Å². The molecule has 3 N–H and O–H groups in total. The molecule has 0 spiro atoms. The first-order valence-corrected chi connectivity index (χ1v) is 4.70. The lowest BCUT2D eigenvalue weighted by atomic mass is 10.3. The molecule has 78 valence electrons. The Bertz CT molecular complexity index is 477. The summed E-state index contributed by atoms with van der Waals surface area (Å²) in [6.45, 7) is 0.587. The van der Waals surface area contributed by atoms with Crippen LogP contribution in [0.1, 0.15) is 6.42 Å². The fraction of sp³-hybridized carbons (Fsp3) is 0.200. The number of nitrogens with two attached hydrogens (primary N) is 1. The largest absolute Gasteiger partial charge is 0.330 e. The fourth-order valence-electron chi connectivity index (χ4n) is 1.48. The van der Waals surface area contributed by atoms with Crippen LogP contribution in [-0.4, -0.2) is 15.5 Å². The number of para-hydroxylation sites is 2. The lowest BCUT2D eigenvalue weighted by molar-refractivity contribution is -0.121. The van der Waals surface area contributed by atoms with E-state index in [9.17, 15) is 4.79 Å². The molecule has 1 aromatic carbocycles. The number of aromatic nitrogens is 2. The van der Waals surface area contributed by atoms with Crippen molar-refractivity contribution < 1.29 is 4.79 Å². The maximum atomic E-state index is 11.0.